The first-order valence-corrected chi connectivity index (χ1v) is 9.20. The number of carbonyl (C=O) groups is 2. The van der Waals surface area contributed by atoms with Crippen molar-refractivity contribution in [2.24, 2.45) is 0 Å². The fourth-order valence-electron chi connectivity index (χ4n) is 3.52. The number of amides is 3. The number of hydrogen-bond donors (Lipinski definition) is 2. The molecule has 3 amide bonds. The fourth-order valence-corrected chi connectivity index (χ4v) is 3.52. The van der Waals surface area contributed by atoms with Gasteiger partial charge in [-0.1, -0.05) is 25.3 Å². The van der Waals surface area contributed by atoms with Gasteiger partial charge in [-0.2, -0.15) is 0 Å². The molecule has 6 nitrogen and oxygen atoms in total. The van der Waals surface area contributed by atoms with Crippen molar-refractivity contribution in [2.45, 2.75) is 51.1 Å². The number of benzene rings is 1. The second-order valence-electron chi connectivity index (χ2n) is 6.94. The Balaban J connectivity index is 1.60. The smallest absolute Gasteiger partial charge is 0.319 e. The first kappa shape index (κ1) is 17.7. The van der Waals surface area contributed by atoms with E-state index in [4.69, 9.17) is 4.74 Å². The highest BCUT2D eigenvalue weighted by atomic mass is 16.5. The van der Waals surface area contributed by atoms with Gasteiger partial charge >= 0.3 is 6.03 Å². The highest BCUT2D eigenvalue weighted by Crippen LogP contribution is 2.18. The Kier molecular flexibility index (Phi) is 5.91. The molecule has 25 heavy (non-hydrogen) atoms. The van der Waals surface area contributed by atoms with Crippen molar-refractivity contribution in [3.63, 3.8) is 0 Å². The van der Waals surface area contributed by atoms with Crippen molar-refractivity contribution >= 4 is 17.6 Å². The first-order chi connectivity index (χ1) is 12.1. The van der Waals surface area contributed by atoms with Crippen LogP contribution in [0.4, 0.5) is 10.5 Å². The van der Waals surface area contributed by atoms with Gasteiger partial charge < -0.3 is 20.3 Å². The zero-order valence-electron chi connectivity index (χ0n) is 14.8. The summed E-state index contributed by atoms with van der Waals surface area (Å²) in [6, 6.07) is 7.25. The summed E-state index contributed by atoms with van der Waals surface area (Å²) in [6.07, 6.45) is 5.69. The first-order valence-electron chi connectivity index (χ1n) is 9.20. The van der Waals surface area contributed by atoms with Crippen LogP contribution in [0.25, 0.3) is 0 Å². The Morgan fingerprint density at radius 1 is 1.20 bits per heavy atom. The lowest BCUT2D eigenvalue weighted by atomic mass is 9.96. The van der Waals surface area contributed by atoms with E-state index in [1.807, 2.05) is 11.8 Å². The molecule has 1 aliphatic carbocycles. The van der Waals surface area contributed by atoms with E-state index >= 15 is 0 Å². The zero-order valence-corrected chi connectivity index (χ0v) is 14.8. The maximum Gasteiger partial charge on any atom is 0.319 e. The van der Waals surface area contributed by atoms with Crippen molar-refractivity contribution < 1.29 is 14.3 Å². The lowest BCUT2D eigenvalue weighted by Crippen LogP contribution is -2.47. The predicted octanol–water partition coefficient (Wildman–Crippen LogP) is 3.00. The summed E-state index contributed by atoms with van der Waals surface area (Å²) in [7, 11) is 0. The second-order valence-corrected chi connectivity index (χ2v) is 6.94. The standard InChI is InChI=1S/C19H27N3O3/c1-14-13-25-11-10-22(14)18(23)15-6-5-9-17(12-15)21-19(24)20-16-7-3-2-4-8-16/h5-6,9,12,14,16H,2-4,7-8,10-11,13H2,1H3,(H2,20,21,24). The van der Waals surface area contributed by atoms with Crippen LogP contribution in [-0.4, -0.2) is 48.7 Å². The van der Waals surface area contributed by atoms with Crippen LogP contribution in [0, 0.1) is 0 Å². The summed E-state index contributed by atoms with van der Waals surface area (Å²) in [4.78, 5) is 26.7. The van der Waals surface area contributed by atoms with Gasteiger partial charge in [0.25, 0.3) is 5.91 Å². The van der Waals surface area contributed by atoms with Crippen molar-refractivity contribution in [2.75, 3.05) is 25.1 Å². The van der Waals surface area contributed by atoms with Crippen LogP contribution in [-0.2, 0) is 4.74 Å². The molecule has 2 N–H and O–H groups in total. The molecule has 0 spiro atoms. The van der Waals surface area contributed by atoms with E-state index in [0.29, 0.717) is 31.0 Å². The molecule has 3 rings (SSSR count). The van der Waals surface area contributed by atoms with E-state index < -0.39 is 0 Å². The summed E-state index contributed by atoms with van der Waals surface area (Å²) >= 11 is 0. The average molecular weight is 345 g/mol. The third kappa shape index (κ3) is 4.72. The minimum absolute atomic E-state index is 0.0212. The molecule has 1 saturated heterocycles. The molecule has 1 atom stereocenters. The van der Waals surface area contributed by atoms with E-state index in [2.05, 4.69) is 10.6 Å². The van der Waals surface area contributed by atoms with Crippen LogP contribution in [0.1, 0.15) is 49.4 Å². The van der Waals surface area contributed by atoms with Crippen molar-refractivity contribution in [1.82, 2.24) is 10.2 Å². The molecule has 0 bridgehead atoms. The number of ether oxygens (including phenoxy) is 1. The van der Waals surface area contributed by atoms with Crippen LogP contribution >= 0.6 is 0 Å². The SMILES string of the molecule is CC1COCCN1C(=O)c1cccc(NC(=O)NC2CCCCC2)c1. The Bertz CT molecular complexity index is 614. The molecule has 2 aliphatic rings. The summed E-state index contributed by atoms with van der Waals surface area (Å²) in [5, 5.41) is 5.88. The maximum absolute atomic E-state index is 12.7. The van der Waals surface area contributed by atoms with Crippen LogP contribution < -0.4 is 10.6 Å². The summed E-state index contributed by atoms with van der Waals surface area (Å²) in [5.74, 6) is -0.0212. The third-order valence-corrected chi connectivity index (χ3v) is 4.94. The lowest BCUT2D eigenvalue weighted by molar-refractivity contribution is 0.00360. The van der Waals surface area contributed by atoms with Crippen LogP contribution in [0.3, 0.4) is 0 Å². The maximum atomic E-state index is 12.7. The van der Waals surface area contributed by atoms with E-state index in [0.717, 1.165) is 12.8 Å². The highest BCUT2D eigenvalue weighted by molar-refractivity contribution is 5.97. The molecule has 1 saturated carbocycles. The summed E-state index contributed by atoms with van der Waals surface area (Å²) < 4.78 is 5.39. The topological polar surface area (TPSA) is 70.7 Å². The Morgan fingerprint density at radius 3 is 2.76 bits per heavy atom. The quantitative estimate of drug-likeness (QED) is 0.885. The molecule has 1 aromatic carbocycles. The van der Waals surface area contributed by atoms with Crippen LogP contribution in [0.15, 0.2) is 24.3 Å². The fraction of sp³-hybridized carbons (Fsp3) is 0.579. The molecule has 1 aromatic rings. The molecule has 1 heterocycles. The van der Waals surface area contributed by atoms with Gasteiger partial charge in [0.05, 0.1) is 19.3 Å². The number of urea groups is 1. The average Bonchev–Trinajstić information content (AvgIpc) is 2.62. The Labute approximate surface area is 148 Å². The lowest BCUT2D eigenvalue weighted by Gasteiger charge is -2.33. The number of hydrogen-bond acceptors (Lipinski definition) is 3. The third-order valence-electron chi connectivity index (χ3n) is 4.94. The zero-order chi connectivity index (χ0) is 17.6. The largest absolute Gasteiger partial charge is 0.377 e. The van der Waals surface area contributed by atoms with E-state index in [9.17, 15) is 9.59 Å². The van der Waals surface area contributed by atoms with Gasteiger partial charge in [0.1, 0.15) is 0 Å². The van der Waals surface area contributed by atoms with Gasteiger partial charge in [0.2, 0.25) is 0 Å². The molecule has 136 valence electrons. The number of nitrogens with zero attached hydrogens (tertiary/aromatic N) is 1. The van der Waals surface area contributed by atoms with Crippen molar-refractivity contribution in [3.05, 3.63) is 29.8 Å². The number of rotatable bonds is 3. The predicted molar refractivity (Wildman–Crippen MR) is 96.8 cm³/mol. The van der Waals surface area contributed by atoms with Crippen molar-refractivity contribution in [3.8, 4) is 0 Å². The minimum Gasteiger partial charge on any atom is -0.377 e. The van der Waals surface area contributed by atoms with Gasteiger partial charge in [-0.05, 0) is 38.0 Å². The summed E-state index contributed by atoms with van der Waals surface area (Å²) in [5.41, 5.74) is 1.23. The van der Waals surface area contributed by atoms with Gasteiger partial charge in [0, 0.05) is 23.8 Å². The normalized spacial score (nSPS) is 21.6. The Morgan fingerprint density at radius 2 is 2.00 bits per heavy atom. The molecule has 0 radical (unpaired) electrons. The van der Waals surface area contributed by atoms with Gasteiger partial charge in [-0.25, -0.2) is 4.79 Å². The molecule has 0 aromatic heterocycles. The summed E-state index contributed by atoms with van der Waals surface area (Å²) in [6.45, 7) is 3.71. The van der Waals surface area contributed by atoms with Crippen LogP contribution in [0.5, 0.6) is 0 Å². The molecule has 2 fully saturated rings. The van der Waals surface area contributed by atoms with Gasteiger partial charge in [-0.3, -0.25) is 4.79 Å². The highest BCUT2D eigenvalue weighted by Gasteiger charge is 2.25. The van der Waals surface area contributed by atoms with Crippen LogP contribution in [0.2, 0.25) is 0 Å². The minimum atomic E-state index is -0.198. The van der Waals surface area contributed by atoms with E-state index in [1.165, 1.54) is 19.3 Å². The molecular formula is C19H27N3O3. The van der Waals surface area contributed by atoms with Crippen molar-refractivity contribution in [1.29, 1.82) is 0 Å². The van der Waals surface area contributed by atoms with E-state index in [-0.39, 0.29) is 24.0 Å². The second kappa shape index (κ2) is 8.34. The Hall–Kier alpha value is -2.08. The van der Waals surface area contributed by atoms with E-state index in [1.54, 1.807) is 24.3 Å². The molecule has 1 aliphatic heterocycles. The molecular weight excluding hydrogens is 318 g/mol. The van der Waals surface area contributed by atoms with Gasteiger partial charge in [0.15, 0.2) is 0 Å². The molecule has 1 unspecified atom stereocenters. The number of anilines is 1. The van der Waals surface area contributed by atoms with Gasteiger partial charge in [-0.15, -0.1) is 0 Å². The number of morpholine rings is 1. The number of nitrogens with one attached hydrogen (secondary N) is 2. The monoisotopic (exact) mass is 345 g/mol. The number of carbonyl (C=O) groups excluding carboxylic acids is 2. The molecule has 6 heteroatoms.